The number of hydrogen-bond donors (Lipinski definition) is 2. The van der Waals surface area contributed by atoms with Gasteiger partial charge in [-0.25, -0.2) is 4.79 Å². The van der Waals surface area contributed by atoms with Gasteiger partial charge in [0.1, 0.15) is 0 Å². The molecule has 0 saturated carbocycles. The van der Waals surface area contributed by atoms with Crippen molar-refractivity contribution in [3.05, 3.63) is 29.8 Å². The van der Waals surface area contributed by atoms with E-state index in [1.54, 1.807) is 24.3 Å². The maximum absolute atomic E-state index is 10.7. The quantitative estimate of drug-likeness (QED) is 0.607. The zero-order valence-corrected chi connectivity index (χ0v) is 10.4. The van der Waals surface area contributed by atoms with Crippen molar-refractivity contribution in [2.45, 2.75) is 27.2 Å². The van der Waals surface area contributed by atoms with Crippen LogP contribution in [0.15, 0.2) is 29.4 Å². The minimum atomic E-state index is -0.920. The first-order valence-corrected chi connectivity index (χ1v) is 5.61. The summed E-state index contributed by atoms with van der Waals surface area (Å²) < 4.78 is 0. The molecule has 4 nitrogen and oxygen atoms in total. The first kappa shape index (κ1) is 13.2. The highest BCUT2D eigenvalue weighted by molar-refractivity contribution is 5.88. The molecular weight excluding hydrogens is 216 g/mol. The Kier molecular flexibility index (Phi) is 4.69. The van der Waals surface area contributed by atoms with Crippen molar-refractivity contribution in [2.24, 2.45) is 11.0 Å². The molecule has 0 aliphatic carbocycles. The summed E-state index contributed by atoms with van der Waals surface area (Å²) in [7, 11) is 0. The molecule has 0 saturated heterocycles. The highest BCUT2D eigenvalue weighted by Crippen LogP contribution is 2.10. The number of hydrogen-bond acceptors (Lipinski definition) is 3. The van der Waals surface area contributed by atoms with Crippen LogP contribution in [0.25, 0.3) is 0 Å². The molecule has 0 aromatic heterocycles. The summed E-state index contributed by atoms with van der Waals surface area (Å²) in [6, 6.07) is 6.52. The summed E-state index contributed by atoms with van der Waals surface area (Å²) in [5.74, 6) is -0.342. The molecule has 0 bridgehead atoms. The van der Waals surface area contributed by atoms with Crippen molar-refractivity contribution in [2.75, 3.05) is 5.43 Å². The SMILES string of the molecule is C/C(CC(C)C)=N\Nc1ccc(C(=O)O)cc1. The van der Waals surface area contributed by atoms with Gasteiger partial charge in [-0.05, 0) is 43.5 Å². The summed E-state index contributed by atoms with van der Waals surface area (Å²) in [6.07, 6.45) is 0.945. The number of benzene rings is 1. The zero-order valence-electron chi connectivity index (χ0n) is 10.4. The Labute approximate surface area is 101 Å². The van der Waals surface area contributed by atoms with E-state index < -0.39 is 5.97 Å². The van der Waals surface area contributed by atoms with Gasteiger partial charge in [-0.1, -0.05) is 13.8 Å². The number of nitrogens with zero attached hydrogens (tertiary/aromatic N) is 1. The molecule has 0 atom stereocenters. The number of nitrogens with one attached hydrogen (secondary N) is 1. The highest BCUT2D eigenvalue weighted by Gasteiger charge is 2.01. The third-order valence-corrected chi connectivity index (χ3v) is 2.21. The summed E-state index contributed by atoms with van der Waals surface area (Å²) >= 11 is 0. The number of aromatic carboxylic acids is 1. The number of carboxylic acid groups (broad SMARTS) is 1. The molecule has 0 fully saturated rings. The van der Waals surface area contributed by atoms with Crippen LogP contribution in [0.3, 0.4) is 0 Å². The lowest BCUT2D eigenvalue weighted by Crippen LogP contribution is -2.02. The second kappa shape index (κ2) is 6.03. The summed E-state index contributed by atoms with van der Waals surface area (Å²) in [6.45, 7) is 6.25. The van der Waals surface area contributed by atoms with Gasteiger partial charge in [-0.2, -0.15) is 5.10 Å². The maximum Gasteiger partial charge on any atom is 0.335 e. The van der Waals surface area contributed by atoms with Crippen LogP contribution in [0.1, 0.15) is 37.6 Å². The Morgan fingerprint density at radius 1 is 1.35 bits per heavy atom. The number of carbonyl (C=O) groups is 1. The molecule has 1 aromatic carbocycles. The molecule has 17 heavy (non-hydrogen) atoms. The minimum Gasteiger partial charge on any atom is -0.478 e. The van der Waals surface area contributed by atoms with Crippen molar-refractivity contribution in [3.63, 3.8) is 0 Å². The fourth-order valence-corrected chi connectivity index (χ4v) is 1.48. The number of anilines is 1. The van der Waals surface area contributed by atoms with Crippen molar-refractivity contribution < 1.29 is 9.90 Å². The van der Waals surface area contributed by atoms with Gasteiger partial charge in [0.2, 0.25) is 0 Å². The molecule has 0 amide bonds. The van der Waals surface area contributed by atoms with E-state index in [0.717, 1.165) is 17.8 Å². The molecule has 2 N–H and O–H groups in total. The lowest BCUT2D eigenvalue weighted by Gasteiger charge is -2.05. The van der Waals surface area contributed by atoms with Gasteiger partial charge in [0.05, 0.1) is 11.3 Å². The van der Waals surface area contributed by atoms with Crippen LogP contribution in [0.5, 0.6) is 0 Å². The smallest absolute Gasteiger partial charge is 0.335 e. The van der Waals surface area contributed by atoms with Gasteiger partial charge in [0.15, 0.2) is 0 Å². The van der Waals surface area contributed by atoms with Crippen LogP contribution >= 0.6 is 0 Å². The molecule has 92 valence electrons. The predicted molar refractivity (Wildman–Crippen MR) is 69.6 cm³/mol. The number of rotatable bonds is 5. The topological polar surface area (TPSA) is 61.7 Å². The first-order chi connectivity index (χ1) is 7.99. The second-order valence-corrected chi connectivity index (χ2v) is 4.44. The van der Waals surface area contributed by atoms with Crippen LogP contribution in [0.2, 0.25) is 0 Å². The van der Waals surface area contributed by atoms with E-state index in [2.05, 4.69) is 24.4 Å². The Balaban J connectivity index is 2.60. The van der Waals surface area contributed by atoms with E-state index >= 15 is 0 Å². The molecule has 4 heteroatoms. The maximum atomic E-state index is 10.7. The van der Waals surface area contributed by atoms with E-state index in [1.165, 1.54) is 0 Å². The van der Waals surface area contributed by atoms with E-state index in [4.69, 9.17) is 5.11 Å². The molecule has 0 spiro atoms. The average Bonchev–Trinajstić information content (AvgIpc) is 2.26. The third-order valence-electron chi connectivity index (χ3n) is 2.21. The zero-order chi connectivity index (χ0) is 12.8. The van der Waals surface area contributed by atoms with Crippen molar-refractivity contribution >= 4 is 17.4 Å². The van der Waals surface area contributed by atoms with Crippen LogP contribution in [0, 0.1) is 5.92 Å². The lowest BCUT2D eigenvalue weighted by molar-refractivity contribution is 0.0697. The van der Waals surface area contributed by atoms with E-state index in [-0.39, 0.29) is 5.56 Å². The van der Waals surface area contributed by atoms with Gasteiger partial charge >= 0.3 is 5.97 Å². The molecular formula is C13H18N2O2. The second-order valence-electron chi connectivity index (χ2n) is 4.44. The van der Waals surface area contributed by atoms with Crippen LogP contribution < -0.4 is 5.43 Å². The van der Waals surface area contributed by atoms with Crippen LogP contribution in [-0.4, -0.2) is 16.8 Å². The fraction of sp³-hybridized carbons (Fsp3) is 0.385. The van der Waals surface area contributed by atoms with E-state index in [0.29, 0.717) is 5.92 Å². The molecule has 1 rings (SSSR count). The monoisotopic (exact) mass is 234 g/mol. The van der Waals surface area contributed by atoms with Gasteiger partial charge in [0, 0.05) is 5.71 Å². The lowest BCUT2D eigenvalue weighted by atomic mass is 10.1. The Morgan fingerprint density at radius 3 is 2.41 bits per heavy atom. The largest absolute Gasteiger partial charge is 0.478 e. The summed E-state index contributed by atoms with van der Waals surface area (Å²) in [5, 5.41) is 13.0. The van der Waals surface area contributed by atoms with Gasteiger partial charge in [-0.3, -0.25) is 5.43 Å². The van der Waals surface area contributed by atoms with Crippen LogP contribution in [-0.2, 0) is 0 Å². The number of carboxylic acids is 1. The van der Waals surface area contributed by atoms with Crippen molar-refractivity contribution in [1.29, 1.82) is 0 Å². The normalized spacial score (nSPS) is 11.6. The fourth-order valence-electron chi connectivity index (χ4n) is 1.48. The van der Waals surface area contributed by atoms with Gasteiger partial charge in [0.25, 0.3) is 0 Å². The molecule has 0 radical (unpaired) electrons. The Morgan fingerprint density at radius 2 is 1.94 bits per heavy atom. The number of hydrazone groups is 1. The van der Waals surface area contributed by atoms with Crippen molar-refractivity contribution in [3.8, 4) is 0 Å². The Hall–Kier alpha value is -1.84. The average molecular weight is 234 g/mol. The summed E-state index contributed by atoms with van der Waals surface area (Å²) in [5.41, 5.74) is 5.01. The van der Waals surface area contributed by atoms with E-state index in [9.17, 15) is 4.79 Å². The van der Waals surface area contributed by atoms with E-state index in [1.807, 2.05) is 6.92 Å². The Bertz CT molecular complexity index is 408. The molecule has 0 unspecified atom stereocenters. The molecule has 0 heterocycles. The molecule has 0 aliphatic heterocycles. The standard InChI is InChI=1S/C13H18N2O2/c1-9(2)8-10(3)14-15-12-6-4-11(5-7-12)13(16)17/h4-7,9,15H,8H2,1-3H3,(H,16,17)/b14-10+. The molecule has 1 aromatic rings. The van der Waals surface area contributed by atoms with Crippen molar-refractivity contribution in [1.82, 2.24) is 0 Å². The third kappa shape index (κ3) is 4.68. The highest BCUT2D eigenvalue weighted by atomic mass is 16.4. The van der Waals surface area contributed by atoms with Gasteiger partial charge in [-0.15, -0.1) is 0 Å². The first-order valence-electron chi connectivity index (χ1n) is 5.61. The van der Waals surface area contributed by atoms with Crippen LogP contribution in [0.4, 0.5) is 5.69 Å². The summed E-state index contributed by atoms with van der Waals surface area (Å²) in [4.78, 5) is 10.7. The predicted octanol–water partition coefficient (Wildman–Crippen LogP) is 3.22. The minimum absolute atomic E-state index is 0.276. The van der Waals surface area contributed by atoms with Gasteiger partial charge < -0.3 is 5.11 Å². The molecule has 0 aliphatic rings.